The summed E-state index contributed by atoms with van der Waals surface area (Å²) >= 11 is 4.90. The molecule has 0 aliphatic rings. The number of thiophene rings is 1. The number of nitrogens with one attached hydrogen (secondary N) is 1. The van der Waals surface area contributed by atoms with Crippen LogP contribution in [-0.4, -0.2) is 19.6 Å². The van der Waals surface area contributed by atoms with Crippen molar-refractivity contribution in [3.63, 3.8) is 0 Å². The minimum atomic E-state index is -0.267. The number of hydrogen-bond acceptors (Lipinski definition) is 4. The molecule has 5 heteroatoms. The Hall–Kier alpha value is -0.550. The highest BCUT2D eigenvalue weighted by atomic mass is 79.9. The Morgan fingerprint density at radius 3 is 2.79 bits per heavy atom. The molecule has 1 rings (SSSR count). The molecule has 0 saturated heterocycles. The molecule has 14 heavy (non-hydrogen) atoms. The predicted molar refractivity (Wildman–Crippen MR) is 62.3 cm³/mol. The van der Waals surface area contributed by atoms with E-state index in [0.29, 0.717) is 12.2 Å². The van der Waals surface area contributed by atoms with Gasteiger partial charge >= 0.3 is 5.97 Å². The molecule has 78 valence electrons. The number of carbonyl (C=O) groups excluding carboxylic acids is 1. The number of carbonyl (C=O) groups is 1. The summed E-state index contributed by atoms with van der Waals surface area (Å²) in [5.41, 5.74) is 1.56. The van der Waals surface area contributed by atoms with Gasteiger partial charge in [0.15, 0.2) is 0 Å². The van der Waals surface area contributed by atoms with Crippen LogP contribution in [0.3, 0.4) is 0 Å². The van der Waals surface area contributed by atoms with Crippen molar-refractivity contribution in [2.24, 2.45) is 0 Å². The Morgan fingerprint density at radius 2 is 2.29 bits per heavy atom. The maximum atomic E-state index is 11.6. The van der Waals surface area contributed by atoms with Gasteiger partial charge in [-0.2, -0.15) is 0 Å². The Labute approximate surface area is 95.6 Å². The Balaban J connectivity index is 3.10. The number of halogens is 1. The molecule has 0 amide bonds. The third-order valence-corrected chi connectivity index (χ3v) is 3.97. The standard InChI is InChI=1S/C9H12BrNO2S/c1-4-13-9(12)6-5(2)7(10)14-8(6)11-3/h11H,4H2,1-3H3. The van der Waals surface area contributed by atoms with E-state index in [2.05, 4.69) is 21.2 Å². The zero-order valence-corrected chi connectivity index (χ0v) is 10.7. The van der Waals surface area contributed by atoms with Gasteiger partial charge in [0, 0.05) is 7.05 Å². The van der Waals surface area contributed by atoms with Gasteiger partial charge in [0.05, 0.1) is 16.0 Å². The van der Waals surface area contributed by atoms with Gasteiger partial charge in [-0.1, -0.05) is 0 Å². The van der Waals surface area contributed by atoms with Crippen molar-refractivity contribution in [1.29, 1.82) is 0 Å². The van der Waals surface area contributed by atoms with Crippen LogP contribution in [0.25, 0.3) is 0 Å². The van der Waals surface area contributed by atoms with Crippen molar-refractivity contribution in [1.82, 2.24) is 0 Å². The van der Waals surface area contributed by atoms with Crippen molar-refractivity contribution in [2.75, 3.05) is 19.0 Å². The fourth-order valence-corrected chi connectivity index (χ4v) is 2.67. The van der Waals surface area contributed by atoms with Crippen LogP contribution in [0, 0.1) is 6.92 Å². The maximum Gasteiger partial charge on any atom is 0.341 e. The number of hydrogen-bond donors (Lipinski definition) is 1. The molecule has 0 aromatic carbocycles. The van der Waals surface area contributed by atoms with Gasteiger partial charge in [0.2, 0.25) is 0 Å². The number of rotatable bonds is 3. The lowest BCUT2D eigenvalue weighted by molar-refractivity contribution is 0.0527. The first-order valence-electron chi connectivity index (χ1n) is 4.25. The Bertz CT molecular complexity index is 349. The normalized spacial score (nSPS) is 10.0. The molecule has 0 fully saturated rings. The van der Waals surface area contributed by atoms with E-state index in [0.717, 1.165) is 14.4 Å². The summed E-state index contributed by atoms with van der Waals surface area (Å²) in [6, 6.07) is 0. The highest BCUT2D eigenvalue weighted by Crippen LogP contribution is 2.36. The van der Waals surface area contributed by atoms with Crippen LogP contribution in [0.2, 0.25) is 0 Å². The van der Waals surface area contributed by atoms with Crippen LogP contribution < -0.4 is 5.32 Å². The van der Waals surface area contributed by atoms with Gasteiger partial charge < -0.3 is 10.1 Å². The predicted octanol–water partition coefficient (Wildman–Crippen LogP) is 3.04. The van der Waals surface area contributed by atoms with Crippen molar-refractivity contribution in [3.05, 3.63) is 14.9 Å². The second kappa shape index (κ2) is 4.79. The zero-order valence-electron chi connectivity index (χ0n) is 8.31. The van der Waals surface area contributed by atoms with E-state index in [1.165, 1.54) is 11.3 Å². The van der Waals surface area contributed by atoms with Gasteiger partial charge in [-0.05, 0) is 35.3 Å². The zero-order chi connectivity index (χ0) is 10.7. The first-order chi connectivity index (χ1) is 6.61. The van der Waals surface area contributed by atoms with Crippen LogP contribution in [0.5, 0.6) is 0 Å². The molecule has 1 N–H and O–H groups in total. The molecular weight excluding hydrogens is 266 g/mol. The molecule has 3 nitrogen and oxygen atoms in total. The van der Waals surface area contributed by atoms with Gasteiger partial charge in [-0.25, -0.2) is 4.79 Å². The minimum Gasteiger partial charge on any atom is -0.462 e. The van der Waals surface area contributed by atoms with Gasteiger partial charge in [0.1, 0.15) is 5.00 Å². The second-order valence-electron chi connectivity index (χ2n) is 2.68. The summed E-state index contributed by atoms with van der Waals surface area (Å²) in [6.07, 6.45) is 0. The minimum absolute atomic E-state index is 0.267. The molecule has 0 saturated carbocycles. The first kappa shape index (κ1) is 11.5. The van der Waals surface area contributed by atoms with E-state index in [9.17, 15) is 4.79 Å². The number of anilines is 1. The molecule has 0 atom stereocenters. The number of esters is 1. The lowest BCUT2D eigenvalue weighted by Gasteiger charge is -2.03. The smallest absolute Gasteiger partial charge is 0.341 e. The lowest BCUT2D eigenvalue weighted by atomic mass is 10.2. The van der Waals surface area contributed by atoms with E-state index in [4.69, 9.17) is 4.74 Å². The third-order valence-electron chi connectivity index (χ3n) is 1.80. The fraction of sp³-hybridized carbons (Fsp3) is 0.444. The van der Waals surface area contributed by atoms with Crippen molar-refractivity contribution >= 4 is 38.2 Å². The third kappa shape index (κ3) is 2.09. The van der Waals surface area contributed by atoms with Crippen LogP contribution in [0.1, 0.15) is 22.8 Å². The Kier molecular flexibility index (Phi) is 3.95. The monoisotopic (exact) mass is 277 g/mol. The number of ether oxygens (including phenoxy) is 1. The van der Waals surface area contributed by atoms with E-state index < -0.39 is 0 Å². The Morgan fingerprint density at radius 1 is 1.64 bits per heavy atom. The summed E-state index contributed by atoms with van der Waals surface area (Å²) < 4.78 is 5.93. The summed E-state index contributed by atoms with van der Waals surface area (Å²) in [5, 5.41) is 3.82. The molecule has 1 heterocycles. The molecule has 1 aromatic heterocycles. The van der Waals surface area contributed by atoms with Gasteiger partial charge in [0.25, 0.3) is 0 Å². The van der Waals surface area contributed by atoms with E-state index in [-0.39, 0.29) is 5.97 Å². The van der Waals surface area contributed by atoms with E-state index in [1.807, 2.05) is 6.92 Å². The second-order valence-corrected chi connectivity index (χ2v) is 5.01. The average molecular weight is 278 g/mol. The largest absolute Gasteiger partial charge is 0.462 e. The molecule has 0 bridgehead atoms. The van der Waals surface area contributed by atoms with Crippen molar-refractivity contribution in [3.8, 4) is 0 Å². The van der Waals surface area contributed by atoms with Gasteiger partial charge in [-0.3, -0.25) is 0 Å². The molecule has 0 spiro atoms. The highest BCUT2D eigenvalue weighted by molar-refractivity contribution is 9.11. The maximum absolute atomic E-state index is 11.6. The molecule has 0 radical (unpaired) electrons. The molecular formula is C9H12BrNO2S. The van der Waals surface area contributed by atoms with Crippen molar-refractivity contribution in [2.45, 2.75) is 13.8 Å². The van der Waals surface area contributed by atoms with E-state index in [1.54, 1.807) is 14.0 Å². The summed E-state index contributed by atoms with van der Waals surface area (Å²) in [4.78, 5) is 11.6. The molecule has 1 aromatic rings. The van der Waals surface area contributed by atoms with Crippen LogP contribution >= 0.6 is 27.3 Å². The fourth-order valence-electron chi connectivity index (χ4n) is 1.11. The highest BCUT2D eigenvalue weighted by Gasteiger charge is 2.20. The SMILES string of the molecule is CCOC(=O)c1c(NC)sc(Br)c1C. The summed E-state index contributed by atoms with van der Waals surface area (Å²) in [6.45, 7) is 4.09. The first-order valence-corrected chi connectivity index (χ1v) is 5.86. The topological polar surface area (TPSA) is 38.3 Å². The summed E-state index contributed by atoms with van der Waals surface area (Å²) in [7, 11) is 1.79. The average Bonchev–Trinajstić information content (AvgIpc) is 2.43. The van der Waals surface area contributed by atoms with E-state index >= 15 is 0 Å². The molecule has 0 unspecified atom stereocenters. The molecule has 0 aliphatic carbocycles. The van der Waals surface area contributed by atoms with Gasteiger partial charge in [-0.15, -0.1) is 11.3 Å². The molecule has 0 aliphatic heterocycles. The lowest BCUT2D eigenvalue weighted by Crippen LogP contribution is -2.07. The van der Waals surface area contributed by atoms with Crippen molar-refractivity contribution < 1.29 is 9.53 Å². The van der Waals surface area contributed by atoms with Crippen LogP contribution in [0.15, 0.2) is 3.79 Å². The quantitative estimate of drug-likeness (QED) is 0.864. The van der Waals surface area contributed by atoms with Crippen LogP contribution in [-0.2, 0) is 4.74 Å². The van der Waals surface area contributed by atoms with Crippen LogP contribution in [0.4, 0.5) is 5.00 Å². The summed E-state index contributed by atoms with van der Waals surface area (Å²) in [5.74, 6) is -0.267.